The molecule has 0 unspecified atom stereocenters. The molecule has 1 heterocycles. The summed E-state index contributed by atoms with van der Waals surface area (Å²) in [6, 6.07) is 18.4. The SMILES string of the molecule is Fc1ccc(C[NH2+]C2CC[NH+](Cc3ccccc3)CC2)cc1. The molecule has 0 amide bonds. The zero-order valence-electron chi connectivity index (χ0n) is 13.0. The molecular weight excluding hydrogens is 275 g/mol. The van der Waals surface area contributed by atoms with Crippen molar-refractivity contribution in [1.29, 1.82) is 0 Å². The molecule has 0 radical (unpaired) electrons. The molecule has 1 saturated heterocycles. The van der Waals surface area contributed by atoms with Crippen molar-refractivity contribution in [2.75, 3.05) is 13.1 Å². The van der Waals surface area contributed by atoms with Crippen molar-refractivity contribution in [1.82, 2.24) is 0 Å². The van der Waals surface area contributed by atoms with Crippen LogP contribution in [-0.4, -0.2) is 19.1 Å². The summed E-state index contributed by atoms with van der Waals surface area (Å²) < 4.78 is 12.9. The number of piperidine rings is 1. The van der Waals surface area contributed by atoms with Crippen molar-refractivity contribution in [3.8, 4) is 0 Å². The molecule has 22 heavy (non-hydrogen) atoms. The molecule has 3 heteroatoms. The Bertz CT molecular complexity index is 560. The summed E-state index contributed by atoms with van der Waals surface area (Å²) in [7, 11) is 0. The zero-order chi connectivity index (χ0) is 15.2. The van der Waals surface area contributed by atoms with Crippen molar-refractivity contribution in [2.45, 2.75) is 32.0 Å². The van der Waals surface area contributed by atoms with Gasteiger partial charge in [0, 0.05) is 24.0 Å². The number of likely N-dealkylation sites (tertiary alicyclic amines) is 1. The van der Waals surface area contributed by atoms with E-state index < -0.39 is 0 Å². The Kier molecular flexibility index (Phi) is 5.20. The monoisotopic (exact) mass is 300 g/mol. The van der Waals surface area contributed by atoms with Crippen molar-refractivity contribution in [3.05, 3.63) is 71.5 Å². The van der Waals surface area contributed by atoms with Crippen LogP contribution in [0.2, 0.25) is 0 Å². The molecule has 3 rings (SSSR count). The zero-order valence-corrected chi connectivity index (χ0v) is 13.0. The smallest absolute Gasteiger partial charge is 0.123 e. The summed E-state index contributed by atoms with van der Waals surface area (Å²) in [4.78, 5) is 1.69. The van der Waals surface area contributed by atoms with Gasteiger partial charge in [0.05, 0.1) is 19.1 Å². The first-order chi connectivity index (χ1) is 10.8. The van der Waals surface area contributed by atoms with E-state index in [4.69, 9.17) is 0 Å². The molecule has 2 aromatic carbocycles. The highest BCUT2D eigenvalue weighted by Crippen LogP contribution is 2.02. The van der Waals surface area contributed by atoms with Crippen LogP contribution in [0.25, 0.3) is 0 Å². The Morgan fingerprint density at radius 3 is 2.27 bits per heavy atom. The number of halogens is 1. The van der Waals surface area contributed by atoms with Gasteiger partial charge in [0.15, 0.2) is 0 Å². The largest absolute Gasteiger partial charge is 0.340 e. The van der Waals surface area contributed by atoms with E-state index in [0.29, 0.717) is 6.04 Å². The molecule has 0 spiro atoms. The molecule has 116 valence electrons. The van der Waals surface area contributed by atoms with Crippen LogP contribution in [0.4, 0.5) is 4.39 Å². The second-order valence-corrected chi connectivity index (χ2v) is 6.32. The van der Waals surface area contributed by atoms with Gasteiger partial charge in [0.1, 0.15) is 18.9 Å². The summed E-state index contributed by atoms with van der Waals surface area (Å²) in [5, 5.41) is 2.42. The lowest BCUT2D eigenvalue weighted by Crippen LogP contribution is -3.13. The fourth-order valence-electron chi connectivity index (χ4n) is 3.27. The van der Waals surface area contributed by atoms with Crippen molar-refractivity contribution in [2.24, 2.45) is 0 Å². The van der Waals surface area contributed by atoms with Crippen LogP contribution in [-0.2, 0) is 13.1 Å². The summed E-state index contributed by atoms with van der Waals surface area (Å²) in [5.74, 6) is -0.151. The maximum atomic E-state index is 12.9. The number of nitrogens with two attached hydrogens (primary N) is 1. The third-order valence-electron chi connectivity index (χ3n) is 4.63. The van der Waals surface area contributed by atoms with Crippen molar-refractivity contribution >= 4 is 0 Å². The normalized spacial score (nSPS) is 21.7. The van der Waals surface area contributed by atoms with E-state index in [1.54, 1.807) is 17.0 Å². The van der Waals surface area contributed by atoms with E-state index in [1.807, 2.05) is 12.1 Å². The summed E-state index contributed by atoms with van der Waals surface area (Å²) in [5.41, 5.74) is 2.65. The highest BCUT2D eigenvalue weighted by molar-refractivity contribution is 5.14. The Labute approximate surface area is 132 Å². The number of hydrogen-bond acceptors (Lipinski definition) is 0. The van der Waals surface area contributed by atoms with Crippen LogP contribution in [0.3, 0.4) is 0 Å². The van der Waals surface area contributed by atoms with Crippen molar-refractivity contribution in [3.63, 3.8) is 0 Å². The van der Waals surface area contributed by atoms with Gasteiger partial charge in [-0.3, -0.25) is 0 Å². The number of rotatable bonds is 5. The first-order valence-electron chi connectivity index (χ1n) is 8.25. The molecule has 0 aromatic heterocycles. The molecule has 1 aliphatic rings. The van der Waals surface area contributed by atoms with Crippen LogP contribution in [0.5, 0.6) is 0 Å². The van der Waals surface area contributed by atoms with Gasteiger partial charge in [0.2, 0.25) is 0 Å². The van der Waals surface area contributed by atoms with Gasteiger partial charge >= 0.3 is 0 Å². The third kappa shape index (κ3) is 4.39. The second-order valence-electron chi connectivity index (χ2n) is 6.32. The number of quaternary nitrogens is 2. The summed E-state index contributed by atoms with van der Waals surface area (Å²) >= 11 is 0. The third-order valence-corrected chi connectivity index (χ3v) is 4.63. The molecule has 2 nitrogen and oxygen atoms in total. The van der Waals surface area contributed by atoms with Gasteiger partial charge in [-0.05, 0) is 12.1 Å². The fourth-order valence-corrected chi connectivity index (χ4v) is 3.27. The van der Waals surface area contributed by atoms with Crippen LogP contribution in [0, 0.1) is 5.82 Å². The minimum absolute atomic E-state index is 0.151. The molecule has 0 bridgehead atoms. The minimum atomic E-state index is -0.151. The maximum Gasteiger partial charge on any atom is 0.123 e. The minimum Gasteiger partial charge on any atom is -0.340 e. The Hall–Kier alpha value is -1.71. The number of nitrogens with one attached hydrogen (secondary N) is 1. The highest BCUT2D eigenvalue weighted by Gasteiger charge is 2.24. The fraction of sp³-hybridized carbons (Fsp3) is 0.368. The van der Waals surface area contributed by atoms with Crippen LogP contribution in [0.1, 0.15) is 24.0 Å². The van der Waals surface area contributed by atoms with E-state index in [2.05, 4.69) is 35.6 Å². The summed E-state index contributed by atoms with van der Waals surface area (Å²) in [6.07, 6.45) is 2.53. The van der Waals surface area contributed by atoms with Gasteiger partial charge in [-0.1, -0.05) is 42.5 Å². The van der Waals surface area contributed by atoms with Gasteiger partial charge in [-0.25, -0.2) is 4.39 Å². The Morgan fingerprint density at radius 1 is 0.909 bits per heavy atom. The predicted molar refractivity (Wildman–Crippen MR) is 85.9 cm³/mol. The van der Waals surface area contributed by atoms with Gasteiger partial charge in [0.25, 0.3) is 0 Å². The summed E-state index contributed by atoms with van der Waals surface area (Å²) in [6.45, 7) is 4.60. The maximum absolute atomic E-state index is 12.9. The topological polar surface area (TPSA) is 21.1 Å². The predicted octanol–water partition coefficient (Wildman–Crippen LogP) is 1.14. The molecule has 1 aliphatic heterocycles. The average Bonchev–Trinajstić information content (AvgIpc) is 2.57. The molecule has 3 N–H and O–H groups in total. The molecule has 1 fully saturated rings. The first kappa shape index (κ1) is 15.2. The molecule has 2 aromatic rings. The lowest BCUT2D eigenvalue weighted by Gasteiger charge is -2.28. The van der Waals surface area contributed by atoms with Crippen molar-refractivity contribution < 1.29 is 14.6 Å². The van der Waals surface area contributed by atoms with Gasteiger partial charge in [-0.15, -0.1) is 0 Å². The van der Waals surface area contributed by atoms with E-state index in [9.17, 15) is 4.39 Å². The first-order valence-corrected chi connectivity index (χ1v) is 8.25. The number of hydrogen-bond donors (Lipinski definition) is 2. The number of benzene rings is 2. The highest BCUT2D eigenvalue weighted by atomic mass is 19.1. The van der Waals surface area contributed by atoms with E-state index in [0.717, 1.165) is 13.1 Å². The van der Waals surface area contributed by atoms with E-state index >= 15 is 0 Å². The molecule has 0 aliphatic carbocycles. The Balaban J connectivity index is 1.41. The molecule has 0 atom stereocenters. The van der Waals surface area contributed by atoms with Crippen LogP contribution < -0.4 is 10.2 Å². The van der Waals surface area contributed by atoms with Gasteiger partial charge in [-0.2, -0.15) is 0 Å². The van der Waals surface area contributed by atoms with Gasteiger partial charge < -0.3 is 10.2 Å². The Morgan fingerprint density at radius 2 is 1.59 bits per heavy atom. The van der Waals surface area contributed by atoms with Crippen LogP contribution in [0.15, 0.2) is 54.6 Å². The van der Waals surface area contributed by atoms with E-state index in [-0.39, 0.29) is 5.82 Å². The van der Waals surface area contributed by atoms with Crippen LogP contribution >= 0.6 is 0 Å². The van der Waals surface area contributed by atoms with E-state index in [1.165, 1.54) is 37.1 Å². The second kappa shape index (κ2) is 7.52. The molecule has 0 saturated carbocycles. The average molecular weight is 300 g/mol. The lowest BCUT2D eigenvalue weighted by molar-refractivity contribution is -0.926. The lowest BCUT2D eigenvalue weighted by atomic mass is 10.0. The molecular formula is C19H25FN2+2. The standard InChI is InChI=1S/C19H23FN2/c20-18-8-6-16(7-9-18)14-21-19-10-12-22(13-11-19)15-17-4-2-1-3-5-17/h1-9,19,21H,10-15H2/p+2. The quantitative estimate of drug-likeness (QED) is 0.826.